The molecule has 0 saturated heterocycles. The Bertz CT molecular complexity index is 415. The van der Waals surface area contributed by atoms with E-state index in [1.807, 2.05) is 0 Å². The highest BCUT2D eigenvalue weighted by Crippen LogP contribution is 2.34. The molecule has 0 bridgehead atoms. The van der Waals surface area contributed by atoms with Gasteiger partial charge in [0.05, 0.1) is 16.3 Å². The predicted molar refractivity (Wildman–Crippen MR) is 57.2 cm³/mol. The van der Waals surface area contributed by atoms with E-state index in [1.54, 1.807) is 0 Å². The van der Waals surface area contributed by atoms with E-state index >= 15 is 0 Å². The average molecular weight is 251 g/mol. The van der Waals surface area contributed by atoms with Gasteiger partial charge in [0.2, 0.25) is 0 Å². The van der Waals surface area contributed by atoms with Crippen molar-refractivity contribution in [3.63, 3.8) is 0 Å². The molecule has 1 aromatic rings. The molecular weight excluding hydrogens is 245 g/mol. The standard InChI is InChI=1S/C10H6ClF3S/c11-9-6-7(2-1-5-15)3-4-8(9)10(12,13)14/h3-4,6,15H,5H2. The lowest BCUT2D eigenvalue weighted by Gasteiger charge is -2.08. The fraction of sp³-hybridized carbons (Fsp3) is 0.200. The van der Waals surface area contributed by atoms with Crippen LogP contribution in [0, 0.1) is 11.8 Å². The van der Waals surface area contributed by atoms with Crippen LogP contribution in [-0.2, 0) is 6.18 Å². The minimum Gasteiger partial charge on any atom is -0.166 e. The van der Waals surface area contributed by atoms with E-state index in [-0.39, 0.29) is 5.02 Å². The largest absolute Gasteiger partial charge is 0.417 e. The molecular formula is C10H6ClF3S. The van der Waals surface area contributed by atoms with Gasteiger partial charge in [-0.15, -0.1) is 0 Å². The van der Waals surface area contributed by atoms with Crippen molar-refractivity contribution in [2.75, 3.05) is 5.75 Å². The monoisotopic (exact) mass is 250 g/mol. The Morgan fingerprint density at radius 2 is 2.00 bits per heavy atom. The maximum absolute atomic E-state index is 12.3. The van der Waals surface area contributed by atoms with Crippen LogP contribution in [0.15, 0.2) is 18.2 Å². The zero-order chi connectivity index (χ0) is 11.5. The molecule has 0 heterocycles. The Morgan fingerprint density at radius 3 is 2.47 bits per heavy atom. The molecule has 0 amide bonds. The minimum absolute atomic E-state index is 0.339. The molecule has 0 aliphatic heterocycles. The van der Waals surface area contributed by atoms with Gasteiger partial charge >= 0.3 is 6.18 Å². The van der Waals surface area contributed by atoms with Crippen molar-refractivity contribution in [2.24, 2.45) is 0 Å². The van der Waals surface area contributed by atoms with E-state index in [2.05, 4.69) is 24.5 Å². The fourth-order valence-corrected chi connectivity index (χ4v) is 1.33. The number of halogens is 4. The van der Waals surface area contributed by atoms with Crippen molar-refractivity contribution in [1.82, 2.24) is 0 Å². The second-order valence-electron chi connectivity index (χ2n) is 2.65. The maximum atomic E-state index is 12.3. The van der Waals surface area contributed by atoms with Gasteiger partial charge < -0.3 is 0 Å². The molecule has 0 aromatic heterocycles. The summed E-state index contributed by atoms with van der Waals surface area (Å²) in [4.78, 5) is 0. The van der Waals surface area contributed by atoms with E-state index in [1.165, 1.54) is 12.1 Å². The van der Waals surface area contributed by atoms with Gasteiger partial charge in [-0.25, -0.2) is 0 Å². The Balaban J connectivity index is 3.09. The van der Waals surface area contributed by atoms with E-state index in [0.29, 0.717) is 11.3 Å². The zero-order valence-corrected chi connectivity index (χ0v) is 9.05. The third kappa shape index (κ3) is 3.37. The average Bonchev–Trinajstić information content (AvgIpc) is 2.12. The Morgan fingerprint density at radius 1 is 1.33 bits per heavy atom. The van der Waals surface area contributed by atoms with Crippen LogP contribution in [0.25, 0.3) is 0 Å². The minimum atomic E-state index is -4.42. The van der Waals surface area contributed by atoms with Crippen molar-refractivity contribution in [3.05, 3.63) is 34.3 Å². The Labute approximate surface area is 95.8 Å². The number of rotatable bonds is 0. The summed E-state index contributed by atoms with van der Waals surface area (Å²) in [5.74, 6) is 5.61. The Hall–Kier alpha value is -0.790. The van der Waals surface area contributed by atoms with Gasteiger partial charge in [-0.05, 0) is 18.2 Å². The number of thiol groups is 1. The Kier molecular flexibility index (Phi) is 3.95. The first kappa shape index (κ1) is 12.3. The molecule has 0 radical (unpaired) electrons. The SMILES string of the molecule is FC(F)(F)c1ccc(C#CCS)cc1Cl. The second-order valence-corrected chi connectivity index (χ2v) is 3.38. The highest BCUT2D eigenvalue weighted by atomic mass is 35.5. The van der Waals surface area contributed by atoms with Crippen LogP contribution in [0.4, 0.5) is 13.2 Å². The molecule has 0 atom stereocenters. The smallest absolute Gasteiger partial charge is 0.166 e. The summed E-state index contributed by atoms with van der Waals surface area (Å²) in [5, 5.41) is -0.339. The molecule has 15 heavy (non-hydrogen) atoms. The number of hydrogen-bond acceptors (Lipinski definition) is 1. The van der Waals surface area contributed by atoms with Crippen LogP contribution in [0.3, 0.4) is 0 Å². The summed E-state index contributed by atoms with van der Waals surface area (Å²) in [5.41, 5.74) is -0.400. The molecule has 1 rings (SSSR count). The second kappa shape index (κ2) is 4.82. The van der Waals surface area contributed by atoms with Crippen molar-refractivity contribution in [1.29, 1.82) is 0 Å². The molecule has 0 N–H and O–H groups in total. The van der Waals surface area contributed by atoms with Crippen LogP contribution in [0.2, 0.25) is 5.02 Å². The molecule has 80 valence electrons. The molecule has 0 saturated carbocycles. The summed E-state index contributed by atoms with van der Waals surface area (Å²) < 4.78 is 36.9. The molecule has 5 heteroatoms. The maximum Gasteiger partial charge on any atom is 0.417 e. The highest BCUT2D eigenvalue weighted by molar-refractivity contribution is 7.80. The molecule has 0 nitrogen and oxygen atoms in total. The molecule has 0 fully saturated rings. The summed E-state index contributed by atoms with van der Waals surface area (Å²) in [6, 6.07) is 3.40. The van der Waals surface area contributed by atoms with Gasteiger partial charge in [-0.3, -0.25) is 0 Å². The molecule has 1 aromatic carbocycles. The molecule has 0 aliphatic carbocycles. The summed E-state index contributed by atoms with van der Waals surface area (Å²) in [6.07, 6.45) is -4.42. The fourth-order valence-electron chi connectivity index (χ4n) is 0.964. The highest BCUT2D eigenvalue weighted by Gasteiger charge is 2.32. The van der Waals surface area contributed by atoms with Crippen LogP contribution < -0.4 is 0 Å². The normalized spacial score (nSPS) is 10.7. The van der Waals surface area contributed by atoms with Gasteiger partial charge in [0.15, 0.2) is 0 Å². The summed E-state index contributed by atoms with van der Waals surface area (Å²) in [6.45, 7) is 0. The van der Waals surface area contributed by atoms with E-state index in [9.17, 15) is 13.2 Å². The first-order chi connectivity index (χ1) is 6.95. The van der Waals surface area contributed by atoms with Gasteiger partial charge in [-0.2, -0.15) is 25.8 Å². The van der Waals surface area contributed by atoms with E-state index in [0.717, 1.165) is 6.07 Å². The molecule has 0 aliphatic rings. The number of alkyl halides is 3. The number of benzene rings is 1. The zero-order valence-electron chi connectivity index (χ0n) is 7.40. The lowest BCUT2D eigenvalue weighted by Crippen LogP contribution is -2.05. The lowest BCUT2D eigenvalue weighted by atomic mass is 10.1. The molecule has 0 unspecified atom stereocenters. The lowest BCUT2D eigenvalue weighted by molar-refractivity contribution is -0.137. The van der Waals surface area contributed by atoms with Crippen molar-refractivity contribution >= 4 is 24.2 Å². The van der Waals surface area contributed by atoms with Gasteiger partial charge in [-0.1, -0.05) is 23.4 Å². The quantitative estimate of drug-likeness (QED) is 0.527. The topological polar surface area (TPSA) is 0 Å². The third-order valence-corrected chi connectivity index (χ3v) is 2.06. The first-order valence-corrected chi connectivity index (χ1v) is 4.92. The molecule has 0 spiro atoms. The summed E-state index contributed by atoms with van der Waals surface area (Å²) >= 11 is 9.34. The van der Waals surface area contributed by atoms with Gasteiger partial charge in [0, 0.05) is 5.56 Å². The van der Waals surface area contributed by atoms with Crippen LogP contribution in [0.5, 0.6) is 0 Å². The summed E-state index contributed by atoms with van der Waals surface area (Å²) in [7, 11) is 0. The van der Waals surface area contributed by atoms with Crippen LogP contribution >= 0.6 is 24.2 Å². The van der Waals surface area contributed by atoms with E-state index in [4.69, 9.17) is 11.6 Å². The third-order valence-electron chi connectivity index (χ3n) is 1.59. The number of hydrogen-bond donors (Lipinski definition) is 1. The van der Waals surface area contributed by atoms with Crippen LogP contribution in [-0.4, -0.2) is 5.75 Å². The van der Waals surface area contributed by atoms with E-state index < -0.39 is 11.7 Å². The predicted octanol–water partition coefficient (Wildman–Crippen LogP) is 3.64. The van der Waals surface area contributed by atoms with Crippen molar-refractivity contribution < 1.29 is 13.2 Å². The van der Waals surface area contributed by atoms with Crippen LogP contribution in [0.1, 0.15) is 11.1 Å². The van der Waals surface area contributed by atoms with Gasteiger partial charge in [0.25, 0.3) is 0 Å². The van der Waals surface area contributed by atoms with Gasteiger partial charge in [0.1, 0.15) is 0 Å². The first-order valence-electron chi connectivity index (χ1n) is 3.91. The van der Waals surface area contributed by atoms with Crippen molar-refractivity contribution in [2.45, 2.75) is 6.18 Å². The van der Waals surface area contributed by atoms with Crippen molar-refractivity contribution in [3.8, 4) is 11.8 Å².